The van der Waals surface area contributed by atoms with Crippen molar-refractivity contribution in [2.75, 3.05) is 10.6 Å². The fraction of sp³-hybridized carbons (Fsp3) is 0.522. The van der Waals surface area contributed by atoms with Crippen molar-refractivity contribution in [1.82, 2.24) is 15.0 Å². The van der Waals surface area contributed by atoms with E-state index in [1.807, 2.05) is 25.1 Å². The van der Waals surface area contributed by atoms with E-state index < -0.39 is 5.60 Å². The quantitative estimate of drug-likeness (QED) is 0.470. The second-order valence-corrected chi connectivity index (χ2v) is 10.6. The molecule has 2 saturated carbocycles. The van der Waals surface area contributed by atoms with Gasteiger partial charge in [0.25, 0.3) is 0 Å². The first-order valence-electron chi connectivity index (χ1n) is 11.0. The molecule has 2 aliphatic carbocycles. The van der Waals surface area contributed by atoms with E-state index in [2.05, 4.69) is 27.5 Å². The minimum atomic E-state index is -0.580. The molecular weight excluding hydrogens is 410 g/mol. The van der Waals surface area contributed by atoms with Gasteiger partial charge in [-0.1, -0.05) is 18.3 Å². The lowest BCUT2D eigenvalue weighted by molar-refractivity contribution is -0.0501. The molecule has 0 radical (unpaired) electrons. The fourth-order valence-corrected chi connectivity index (χ4v) is 6.35. The Labute approximate surface area is 186 Å². The number of rotatable bonds is 5. The third-order valence-corrected chi connectivity index (χ3v) is 7.64. The molecule has 0 saturated heterocycles. The molecule has 5 atom stereocenters. The largest absolute Gasteiger partial charge is 0.391 e. The Bertz CT molecular complexity index is 1080. The predicted molar refractivity (Wildman–Crippen MR) is 124 cm³/mol. The van der Waals surface area contributed by atoms with Crippen LogP contribution in [0.25, 0.3) is 10.9 Å². The van der Waals surface area contributed by atoms with E-state index in [4.69, 9.17) is 4.98 Å². The van der Waals surface area contributed by atoms with Gasteiger partial charge in [-0.2, -0.15) is 0 Å². The second-order valence-electron chi connectivity index (χ2n) is 9.49. The number of aliphatic hydroxyl groups excluding tert-OH is 1. The Kier molecular flexibility index (Phi) is 5.32. The van der Waals surface area contributed by atoms with Crippen LogP contribution in [0.2, 0.25) is 0 Å². The predicted octanol–water partition coefficient (Wildman–Crippen LogP) is 4.31. The molecule has 4 N–H and O–H groups in total. The van der Waals surface area contributed by atoms with E-state index in [-0.39, 0.29) is 12.6 Å². The van der Waals surface area contributed by atoms with E-state index in [0.29, 0.717) is 28.7 Å². The summed E-state index contributed by atoms with van der Waals surface area (Å²) in [5, 5.41) is 28.8. The van der Waals surface area contributed by atoms with Gasteiger partial charge in [-0.3, -0.25) is 4.98 Å². The van der Waals surface area contributed by atoms with Gasteiger partial charge in [0.05, 0.1) is 22.6 Å². The van der Waals surface area contributed by atoms with Crippen molar-refractivity contribution in [3.05, 3.63) is 35.5 Å². The van der Waals surface area contributed by atoms with Crippen LogP contribution in [0.3, 0.4) is 0 Å². The number of anilines is 3. The highest BCUT2D eigenvalue weighted by Gasteiger charge is 2.45. The maximum Gasteiger partial charge on any atom is 0.188 e. The van der Waals surface area contributed by atoms with Gasteiger partial charge in [0, 0.05) is 29.9 Å². The van der Waals surface area contributed by atoms with Crippen LogP contribution in [-0.4, -0.2) is 36.8 Å². The van der Waals surface area contributed by atoms with Crippen LogP contribution in [0.1, 0.15) is 44.4 Å². The van der Waals surface area contributed by atoms with Gasteiger partial charge < -0.3 is 20.8 Å². The summed E-state index contributed by atoms with van der Waals surface area (Å²) in [7, 11) is 0. The molecule has 3 heterocycles. The summed E-state index contributed by atoms with van der Waals surface area (Å²) >= 11 is 1.41. The molecule has 164 valence electrons. The molecule has 0 spiro atoms. The van der Waals surface area contributed by atoms with Crippen molar-refractivity contribution >= 4 is 39.0 Å². The zero-order valence-corrected chi connectivity index (χ0v) is 18.7. The maximum atomic E-state index is 10.8. The molecule has 3 aromatic heterocycles. The number of nitrogens with one attached hydrogen (secondary N) is 2. The van der Waals surface area contributed by atoms with Gasteiger partial charge in [0.15, 0.2) is 5.13 Å². The number of aliphatic hydroxyl groups is 2. The molecule has 0 amide bonds. The Morgan fingerprint density at radius 3 is 2.94 bits per heavy atom. The fourth-order valence-electron chi connectivity index (χ4n) is 5.67. The highest BCUT2D eigenvalue weighted by atomic mass is 32.1. The zero-order chi connectivity index (χ0) is 21.6. The molecule has 3 aromatic rings. The third-order valence-electron chi connectivity index (χ3n) is 6.74. The van der Waals surface area contributed by atoms with Crippen molar-refractivity contribution in [1.29, 1.82) is 0 Å². The molecule has 5 unspecified atom stereocenters. The number of thiazole rings is 1. The summed E-state index contributed by atoms with van der Waals surface area (Å²) in [6.45, 7) is 4.27. The monoisotopic (exact) mass is 439 g/mol. The maximum absolute atomic E-state index is 10.8. The molecule has 8 heteroatoms. The Morgan fingerprint density at radius 2 is 2.13 bits per heavy atom. The van der Waals surface area contributed by atoms with Crippen molar-refractivity contribution in [2.45, 2.75) is 57.8 Å². The SMILES string of the molecule is CC1CC2CC(CC(C)(O)C2)C1Nc1nc(Nc2ncc(CO)s2)cc2ncccc12. The third kappa shape index (κ3) is 4.24. The van der Waals surface area contributed by atoms with Gasteiger partial charge in [0.2, 0.25) is 0 Å². The van der Waals surface area contributed by atoms with Crippen LogP contribution < -0.4 is 10.6 Å². The normalized spacial score (nSPS) is 30.3. The molecule has 2 fully saturated rings. The van der Waals surface area contributed by atoms with E-state index in [9.17, 15) is 10.2 Å². The smallest absolute Gasteiger partial charge is 0.188 e. The first-order chi connectivity index (χ1) is 14.9. The van der Waals surface area contributed by atoms with Gasteiger partial charge >= 0.3 is 0 Å². The lowest BCUT2D eigenvalue weighted by atomic mass is 9.61. The summed E-state index contributed by atoms with van der Waals surface area (Å²) in [6, 6.07) is 6.16. The van der Waals surface area contributed by atoms with Gasteiger partial charge in [-0.25, -0.2) is 9.97 Å². The minimum absolute atomic E-state index is 0.0232. The number of fused-ring (bicyclic) bond motifs is 3. The lowest BCUT2D eigenvalue weighted by Crippen LogP contribution is -2.50. The summed E-state index contributed by atoms with van der Waals surface area (Å²) in [5.74, 6) is 3.02. The number of pyridine rings is 2. The van der Waals surface area contributed by atoms with Crippen molar-refractivity contribution in [2.24, 2.45) is 17.8 Å². The first kappa shape index (κ1) is 20.6. The average Bonchev–Trinajstić information content (AvgIpc) is 3.17. The van der Waals surface area contributed by atoms with Gasteiger partial charge in [0.1, 0.15) is 11.6 Å². The van der Waals surface area contributed by atoms with E-state index >= 15 is 0 Å². The first-order valence-corrected chi connectivity index (χ1v) is 11.8. The summed E-state index contributed by atoms with van der Waals surface area (Å²) in [6.07, 6.45) is 7.48. The molecule has 2 bridgehead atoms. The van der Waals surface area contributed by atoms with Crippen LogP contribution in [0.15, 0.2) is 30.6 Å². The average molecular weight is 440 g/mol. The van der Waals surface area contributed by atoms with Crippen LogP contribution in [0, 0.1) is 17.8 Å². The summed E-state index contributed by atoms with van der Waals surface area (Å²) < 4.78 is 0. The highest BCUT2D eigenvalue weighted by Crippen LogP contribution is 2.47. The van der Waals surface area contributed by atoms with Crippen molar-refractivity contribution < 1.29 is 10.2 Å². The molecule has 7 nitrogen and oxygen atoms in total. The van der Waals surface area contributed by atoms with Crippen LogP contribution in [0.4, 0.5) is 16.8 Å². The Morgan fingerprint density at radius 1 is 1.26 bits per heavy atom. The molecule has 2 aliphatic rings. The summed E-state index contributed by atoms with van der Waals surface area (Å²) in [5.41, 5.74) is 0.280. The molecule has 31 heavy (non-hydrogen) atoms. The lowest BCUT2D eigenvalue weighted by Gasteiger charge is -2.49. The number of hydrogen-bond acceptors (Lipinski definition) is 8. The topological polar surface area (TPSA) is 103 Å². The van der Waals surface area contributed by atoms with E-state index in [1.165, 1.54) is 11.3 Å². The molecule has 5 rings (SSSR count). The Balaban J connectivity index is 1.47. The standard InChI is InChI=1S/C23H29N5O2S/c1-13-6-14-7-15(10-23(2,30)9-14)20(13)28-21-17-4-3-5-24-18(17)8-19(26-21)27-22-25-11-16(12-29)31-22/h3-5,8,11,13-15,20,29-30H,6-7,9-10,12H2,1-2H3,(H2,25,26,27,28). The number of hydrogen-bond donors (Lipinski definition) is 4. The van der Waals surface area contributed by atoms with Crippen LogP contribution >= 0.6 is 11.3 Å². The van der Waals surface area contributed by atoms with Crippen LogP contribution in [-0.2, 0) is 6.61 Å². The zero-order valence-electron chi connectivity index (χ0n) is 17.9. The van der Waals surface area contributed by atoms with Crippen molar-refractivity contribution in [3.63, 3.8) is 0 Å². The van der Waals surface area contributed by atoms with E-state index in [0.717, 1.165) is 47.3 Å². The van der Waals surface area contributed by atoms with E-state index in [1.54, 1.807) is 12.4 Å². The summed E-state index contributed by atoms with van der Waals surface area (Å²) in [4.78, 5) is 14.5. The Hall–Kier alpha value is -2.29. The number of aromatic nitrogens is 3. The second kappa shape index (κ2) is 8.00. The van der Waals surface area contributed by atoms with Crippen LogP contribution in [0.5, 0.6) is 0 Å². The van der Waals surface area contributed by atoms with Gasteiger partial charge in [-0.05, 0) is 62.5 Å². The van der Waals surface area contributed by atoms with Crippen molar-refractivity contribution in [3.8, 4) is 0 Å². The van der Waals surface area contributed by atoms with Gasteiger partial charge in [-0.15, -0.1) is 0 Å². The minimum Gasteiger partial charge on any atom is -0.391 e. The molecule has 0 aromatic carbocycles. The highest BCUT2D eigenvalue weighted by molar-refractivity contribution is 7.15. The number of nitrogens with zero attached hydrogens (tertiary/aromatic N) is 3. The molecule has 0 aliphatic heterocycles. The molecular formula is C23H29N5O2S.